The summed E-state index contributed by atoms with van der Waals surface area (Å²) >= 11 is 0. The molecule has 2 aromatic rings. The van der Waals surface area contributed by atoms with Crippen LogP contribution in [-0.4, -0.2) is 21.3 Å². The molecule has 0 saturated carbocycles. The van der Waals surface area contributed by atoms with Crippen LogP contribution in [0.15, 0.2) is 28.8 Å². The van der Waals surface area contributed by atoms with E-state index in [1.807, 2.05) is 0 Å². The average Bonchev–Trinajstić information content (AvgIpc) is 2.79. The molecule has 0 amide bonds. The first kappa shape index (κ1) is 11.3. The number of aliphatic hydroxyl groups excluding tert-OH is 1. The summed E-state index contributed by atoms with van der Waals surface area (Å²) in [6.45, 7) is -0.243. The maximum atomic E-state index is 13.5. The van der Waals surface area contributed by atoms with Gasteiger partial charge in [0.05, 0.1) is 12.2 Å². The van der Waals surface area contributed by atoms with Crippen LogP contribution in [0.3, 0.4) is 0 Å². The predicted molar refractivity (Wildman–Crippen MR) is 54.8 cm³/mol. The lowest BCUT2D eigenvalue weighted by Crippen LogP contribution is -1.94. The van der Waals surface area contributed by atoms with Crippen molar-refractivity contribution in [1.29, 1.82) is 0 Å². The average molecular weight is 237 g/mol. The van der Waals surface area contributed by atoms with Gasteiger partial charge in [-0.1, -0.05) is 11.2 Å². The number of halogens is 1. The smallest absolute Gasteiger partial charge is 0.358 e. The highest BCUT2D eigenvalue weighted by Crippen LogP contribution is 2.24. The van der Waals surface area contributed by atoms with Crippen molar-refractivity contribution in [3.8, 4) is 11.3 Å². The first-order valence-corrected chi connectivity index (χ1v) is 4.71. The number of benzene rings is 1. The van der Waals surface area contributed by atoms with Gasteiger partial charge in [0.2, 0.25) is 0 Å². The zero-order valence-electron chi connectivity index (χ0n) is 8.55. The Hall–Kier alpha value is -2.21. The van der Waals surface area contributed by atoms with Crippen LogP contribution in [0.1, 0.15) is 16.1 Å². The van der Waals surface area contributed by atoms with Crippen molar-refractivity contribution in [2.45, 2.75) is 6.61 Å². The maximum absolute atomic E-state index is 13.5. The highest BCUT2D eigenvalue weighted by Gasteiger charge is 2.15. The molecule has 5 nitrogen and oxygen atoms in total. The fourth-order valence-electron chi connectivity index (χ4n) is 1.36. The Morgan fingerprint density at radius 1 is 1.41 bits per heavy atom. The Morgan fingerprint density at radius 3 is 2.76 bits per heavy atom. The van der Waals surface area contributed by atoms with Crippen molar-refractivity contribution in [3.63, 3.8) is 0 Å². The van der Waals surface area contributed by atoms with Gasteiger partial charge in [-0.05, 0) is 17.7 Å². The van der Waals surface area contributed by atoms with Crippen LogP contribution in [0.2, 0.25) is 0 Å². The Labute approximate surface area is 95.1 Å². The summed E-state index contributed by atoms with van der Waals surface area (Å²) < 4.78 is 18.2. The van der Waals surface area contributed by atoms with Gasteiger partial charge in [0.1, 0.15) is 5.82 Å². The lowest BCUT2D eigenvalue weighted by Gasteiger charge is -2.01. The van der Waals surface area contributed by atoms with Crippen molar-refractivity contribution in [3.05, 3.63) is 41.3 Å². The van der Waals surface area contributed by atoms with Crippen LogP contribution in [-0.2, 0) is 6.61 Å². The molecule has 1 aromatic heterocycles. The van der Waals surface area contributed by atoms with Crippen molar-refractivity contribution in [1.82, 2.24) is 5.16 Å². The molecule has 0 aliphatic rings. The monoisotopic (exact) mass is 237 g/mol. The number of carboxylic acid groups (broad SMARTS) is 1. The van der Waals surface area contributed by atoms with E-state index < -0.39 is 11.8 Å². The summed E-state index contributed by atoms with van der Waals surface area (Å²) in [4.78, 5) is 10.6. The molecule has 17 heavy (non-hydrogen) atoms. The molecule has 0 bridgehead atoms. The maximum Gasteiger partial charge on any atom is 0.358 e. The lowest BCUT2D eigenvalue weighted by atomic mass is 10.1. The molecule has 0 fully saturated rings. The summed E-state index contributed by atoms with van der Waals surface area (Å²) in [5.41, 5.74) is 0.264. The summed E-state index contributed by atoms with van der Waals surface area (Å²) in [6.07, 6.45) is 0. The number of hydrogen-bond donors (Lipinski definition) is 2. The molecule has 1 heterocycles. The van der Waals surface area contributed by atoms with E-state index in [-0.39, 0.29) is 23.6 Å². The first-order valence-electron chi connectivity index (χ1n) is 4.71. The molecule has 2 N–H and O–H groups in total. The predicted octanol–water partition coefficient (Wildman–Crippen LogP) is 1.67. The lowest BCUT2D eigenvalue weighted by molar-refractivity contribution is 0.0686. The van der Waals surface area contributed by atoms with Gasteiger partial charge in [-0.3, -0.25) is 0 Å². The standard InChI is InChI=1S/C11H8FNO4/c12-8-2-1-6(5-14)3-7(8)10-4-9(11(15)16)13-17-10/h1-4,14H,5H2,(H,15,16). The Bertz CT molecular complexity index is 564. The number of hydrogen-bond acceptors (Lipinski definition) is 4. The Morgan fingerprint density at radius 2 is 2.18 bits per heavy atom. The fourth-order valence-corrected chi connectivity index (χ4v) is 1.36. The summed E-state index contributed by atoms with van der Waals surface area (Å²) in [5, 5.41) is 20.9. The van der Waals surface area contributed by atoms with Gasteiger partial charge in [0.15, 0.2) is 11.5 Å². The van der Waals surface area contributed by atoms with E-state index >= 15 is 0 Å². The van der Waals surface area contributed by atoms with Crippen LogP contribution >= 0.6 is 0 Å². The molecule has 0 radical (unpaired) electrons. The van der Waals surface area contributed by atoms with Gasteiger partial charge < -0.3 is 14.7 Å². The fraction of sp³-hybridized carbons (Fsp3) is 0.0909. The number of carbonyl (C=O) groups is 1. The second kappa shape index (κ2) is 4.34. The minimum Gasteiger partial charge on any atom is -0.476 e. The largest absolute Gasteiger partial charge is 0.476 e. The van der Waals surface area contributed by atoms with E-state index in [0.717, 1.165) is 6.07 Å². The zero-order valence-corrected chi connectivity index (χ0v) is 8.55. The number of aromatic carboxylic acids is 1. The SMILES string of the molecule is O=C(O)c1cc(-c2cc(CO)ccc2F)on1. The van der Waals surface area contributed by atoms with E-state index in [1.165, 1.54) is 18.2 Å². The van der Waals surface area contributed by atoms with Crippen LogP contribution in [0.4, 0.5) is 4.39 Å². The molecule has 6 heteroatoms. The molecule has 2 rings (SSSR count). The van der Waals surface area contributed by atoms with Crippen molar-refractivity contribution in [2.75, 3.05) is 0 Å². The molecular weight excluding hydrogens is 229 g/mol. The minimum atomic E-state index is -1.25. The third-order valence-electron chi connectivity index (χ3n) is 2.21. The number of rotatable bonds is 3. The summed E-state index contributed by atoms with van der Waals surface area (Å²) in [5.74, 6) is -1.82. The number of aliphatic hydroxyl groups is 1. The van der Waals surface area contributed by atoms with Crippen LogP contribution in [0.5, 0.6) is 0 Å². The van der Waals surface area contributed by atoms with Gasteiger partial charge >= 0.3 is 5.97 Å². The van der Waals surface area contributed by atoms with E-state index in [1.54, 1.807) is 0 Å². The molecule has 0 atom stereocenters. The second-order valence-corrected chi connectivity index (χ2v) is 3.35. The van der Waals surface area contributed by atoms with E-state index in [9.17, 15) is 9.18 Å². The van der Waals surface area contributed by atoms with Crippen molar-refractivity contribution >= 4 is 5.97 Å². The topological polar surface area (TPSA) is 83.6 Å². The highest BCUT2D eigenvalue weighted by atomic mass is 19.1. The number of carboxylic acids is 1. The molecular formula is C11H8FNO4. The van der Waals surface area contributed by atoms with E-state index in [4.69, 9.17) is 14.7 Å². The number of aromatic nitrogens is 1. The van der Waals surface area contributed by atoms with Crippen molar-refractivity contribution < 1.29 is 23.9 Å². The number of nitrogens with zero attached hydrogens (tertiary/aromatic N) is 1. The van der Waals surface area contributed by atoms with Gasteiger partial charge in [0.25, 0.3) is 0 Å². The van der Waals surface area contributed by atoms with Crippen LogP contribution in [0, 0.1) is 5.82 Å². The van der Waals surface area contributed by atoms with Crippen LogP contribution < -0.4 is 0 Å². The van der Waals surface area contributed by atoms with E-state index in [0.29, 0.717) is 5.56 Å². The molecule has 0 aliphatic carbocycles. The molecule has 1 aromatic carbocycles. The second-order valence-electron chi connectivity index (χ2n) is 3.35. The Kier molecular flexibility index (Phi) is 2.88. The quantitative estimate of drug-likeness (QED) is 0.848. The molecule has 0 saturated heterocycles. The van der Waals surface area contributed by atoms with Gasteiger partial charge in [-0.15, -0.1) is 0 Å². The van der Waals surface area contributed by atoms with Crippen LogP contribution in [0.25, 0.3) is 11.3 Å². The summed E-state index contributed by atoms with van der Waals surface area (Å²) in [7, 11) is 0. The highest BCUT2D eigenvalue weighted by molar-refractivity contribution is 5.86. The molecule has 0 unspecified atom stereocenters. The normalized spacial score (nSPS) is 10.5. The molecule has 0 aliphatic heterocycles. The Balaban J connectivity index is 2.47. The first-order chi connectivity index (χ1) is 8.11. The molecule has 88 valence electrons. The summed E-state index contributed by atoms with van der Waals surface area (Å²) in [6, 6.07) is 5.10. The minimum absolute atomic E-state index is 0.00944. The van der Waals surface area contributed by atoms with Gasteiger partial charge in [-0.2, -0.15) is 0 Å². The molecule has 0 spiro atoms. The van der Waals surface area contributed by atoms with Crippen molar-refractivity contribution in [2.24, 2.45) is 0 Å². The van der Waals surface area contributed by atoms with Gasteiger partial charge in [0, 0.05) is 6.07 Å². The van der Waals surface area contributed by atoms with Gasteiger partial charge in [-0.25, -0.2) is 9.18 Å². The zero-order chi connectivity index (χ0) is 12.4. The third-order valence-corrected chi connectivity index (χ3v) is 2.21. The third kappa shape index (κ3) is 2.16. The van der Waals surface area contributed by atoms with E-state index in [2.05, 4.69) is 5.16 Å².